The Hall–Kier alpha value is -3.32. The molecule has 146 valence electrons. The van der Waals surface area contributed by atoms with Gasteiger partial charge < -0.3 is 10.1 Å². The molecule has 4 heterocycles. The molecule has 0 spiro atoms. The fourth-order valence-corrected chi connectivity index (χ4v) is 3.69. The van der Waals surface area contributed by atoms with Gasteiger partial charge in [0.1, 0.15) is 17.3 Å². The van der Waals surface area contributed by atoms with Crippen LogP contribution in [0.3, 0.4) is 0 Å². The Labute approximate surface area is 167 Å². The van der Waals surface area contributed by atoms with E-state index in [0.29, 0.717) is 29.5 Å². The highest BCUT2D eigenvalue weighted by Crippen LogP contribution is 2.33. The van der Waals surface area contributed by atoms with Crippen LogP contribution in [0.1, 0.15) is 6.42 Å². The lowest BCUT2D eigenvalue weighted by atomic mass is 10.1. The van der Waals surface area contributed by atoms with E-state index in [2.05, 4.69) is 25.5 Å². The van der Waals surface area contributed by atoms with Gasteiger partial charge in [-0.2, -0.15) is 5.10 Å². The molecule has 7 heteroatoms. The predicted octanol–water partition coefficient (Wildman–Crippen LogP) is 3.81. The quantitative estimate of drug-likeness (QED) is 0.543. The van der Waals surface area contributed by atoms with E-state index in [9.17, 15) is 4.39 Å². The van der Waals surface area contributed by atoms with Crippen LogP contribution in [0.4, 0.5) is 4.39 Å². The normalized spacial score (nSPS) is 16.4. The van der Waals surface area contributed by atoms with Crippen LogP contribution in [-0.4, -0.2) is 39.9 Å². The van der Waals surface area contributed by atoms with E-state index in [4.69, 9.17) is 4.74 Å². The Bertz CT molecular complexity index is 1150. The molecule has 0 radical (unpaired) electrons. The van der Waals surface area contributed by atoms with Crippen molar-refractivity contribution in [3.05, 3.63) is 60.8 Å². The van der Waals surface area contributed by atoms with E-state index in [1.54, 1.807) is 36.8 Å². The molecule has 0 saturated carbocycles. The van der Waals surface area contributed by atoms with Gasteiger partial charge in [0.2, 0.25) is 0 Å². The lowest BCUT2D eigenvalue weighted by Gasteiger charge is -2.14. The van der Waals surface area contributed by atoms with Crippen LogP contribution >= 0.6 is 0 Å². The third kappa shape index (κ3) is 3.45. The predicted molar refractivity (Wildman–Crippen MR) is 109 cm³/mol. The maximum absolute atomic E-state index is 14.3. The van der Waals surface area contributed by atoms with Crippen molar-refractivity contribution in [2.75, 3.05) is 19.7 Å². The molecule has 1 fully saturated rings. The van der Waals surface area contributed by atoms with Gasteiger partial charge in [-0.15, -0.1) is 0 Å². The van der Waals surface area contributed by atoms with Crippen LogP contribution in [-0.2, 0) is 0 Å². The van der Waals surface area contributed by atoms with Crippen LogP contribution in [0.2, 0.25) is 0 Å². The molecule has 5 rings (SSSR count). The van der Waals surface area contributed by atoms with Crippen molar-refractivity contribution in [1.29, 1.82) is 0 Å². The minimum absolute atomic E-state index is 0.310. The van der Waals surface area contributed by atoms with Gasteiger partial charge in [-0.25, -0.2) is 4.39 Å². The number of nitrogens with one attached hydrogen (secondary N) is 2. The van der Waals surface area contributed by atoms with Crippen molar-refractivity contribution < 1.29 is 9.13 Å². The zero-order chi connectivity index (χ0) is 19.6. The van der Waals surface area contributed by atoms with Crippen molar-refractivity contribution in [2.24, 2.45) is 5.92 Å². The zero-order valence-corrected chi connectivity index (χ0v) is 15.7. The second-order valence-electron chi connectivity index (χ2n) is 7.21. The van der Waals surface area contributed by atoms with E-state index < -0.39 is 0 Å². The summed E-state index contributed by atoms with van der Waals surface area (Å²) in [5.41, 5.74) is 3.28. The first-order valence-electron chi connectivity index (χ1n) is 9.66. The molecule has 29 heavy (non-hydrogen) atoms. The number of rotatable bonds is 5. The summed E-state index contributed by atoms with van der Waals surface area (Å²) in [6, 6.07) is 10.4. The largest absolute Gasteiger partial charge is 0.492 e. The van der Waals surface area contributed by atoms with Crippen LogP contribution in [0.25, 0.3) is 33.4 Å². The summed E-state index contributed by atoms with van der Waals surface area (Å²) in [6.45, 7) is 2.67. The third-order valence-corrected chi connectivity index (χ3v) is 5.27. The number of H-pyrrole nitrogens is 1. The standard InChI is InChI=1S/C22H20FN5O/c23-18-4-2-1-3-15(18)22-16-9-19(26-12-20(16)27-28-22)17-11-25-8-6-21(17)29-13-14-5-7-24-10-14/h1-4,6,8-9,11-12,14,24H,5,7,10,13H2,(H,27,28). The average molecular weight is 389 g/mol. The number of aromatic amines is 1. The summed E-state index contributed by atoms with van der Waals surface area (Å²) in [5.74, 6) is 0.942. The van der Waals surface area contributed by atoms with Gasteiger partial charge in [-0.1, -0.05) is 12.1 Å². The van der Waals surface area contributed by atoms with Crippen LogP contribution in [0.5, 0.6) is 5.75 Å². The number of hydrogen-bond acceptors (Lipinski definition) is 5. The first-order valence-corrected chi connectivity index (χ1v) is 9.66. The molecule has 0 amide bonds. The maximum Gasteiger partial charge on any atom is 0.132 e. The molecule has 1 atom stereocenters. The Morgan fingerprint density at radius 2 is 2.07 bits per heavy atom. The van der Waals surface area contributed by atoms with Crippen molar-refractivity contribution in [3.63, 3.8) is 0 Å². The first-order chi connectivity index (χ1) is 14.3. The molecule has 1 saturated heterocycles. The lowest BCUT2D eigenvalue weighted by molar-refractivity contribution is 0.261. The number of pyridine rings is 2. The number of aromatic nitrogens is 4. The van der Waals surface area contributed by atoms with E-state index >= 15 is 0 Å². The summed E-state index contributed by atoms with van der Waals surface area (Å²) in [7, 11) is 0. The Balaban J connectivity index is 1.53. The van der Waals surface area contributed by atoms with Gasteiger partial charge in [0.25, 0.3) is 0 Å². The summed E-state index contributed by atoms with van der Waals surface area (Å²) in [6.07, 6.45) is 6.29. The minimum atomic E-state index is -0.310. The van der Waals surface area contributed by atoms with Gasteiger partial charge in [-0.05, 0) is 37.2 Å². The van der Waals surface area contributed by atoms with Gasteiger partial charge in [0.05, 0.1) is 29.6 Å². The number of fused-ring (bicyclic) bond motifs is 1. The molecular formula is C22H20FN5O. The Kier molecular flexibility index (Phi) is 4.65. The second-order valence-corrected chi connectivity index (χ2v) is 7.21. The number of ether oxygens (including phenoxy) is 1. The van der Waals surface area contributed by atoms with Gasteiger partial charge in [0.15, 0.2) is 0 Å². The Morgan fingerprint density at radius 3 is 2.93 bits per heavy atom. The van der Waals surface area contributed by atoms with Crippen molar-refractivity contribution in [2.45, 2.75) is 6.42 Å². The van der Waals surface area contributed by atoms with Gasteiger partial charge in [-0.3, -0.25) is 15.1 Å². The third-order valence-electron chi connectivity index (χ3n) is 5.27. The van der Waals surface area contributed by atoms with Crippen LogP contribution < -0.4 is 10.1 Å². The smallest absolute Gasteiger partial charge is 0.132 e. The molecule has 4 aromatic rings. The monoisotopic (exact) mass is 389 g/mol. The van der Waals surface area contributed by atoms with Crippen LogP contribution in [0.15, 0.2) is 55.0 Å². The number of hydrogen-bond donors (Lipinski definition) is 2. The van der Waals surface area contributed by atoms with E-state index in [1.807, 2.05) is 12.1 Å². The summed E-state index contributed by atoms with van der Waals surface area (Å²) < 4.78 is 20.4. The molecule has 2 N–H and O–H groups in total. The Morgan fingerprint density at radius 1 is 1.14 bits per heavy atom. The zero-order valence-electron chi connectivity index (χ0n) is 15.7. The topological polar surface area (TPSA) is 75.7 Å². The highest BCUT2D eigenvalue weighted by molar-refractivity contribution is 5.94. The maximum atomic E-state index is 14.3. The lowest BCUT2D eigenvalue weighted by Crippen LogP contribution is -2.15. The number of benzene rings is 1. The van der Waals surface area contributed by atoms with Gasteiger partial charge >= 0.3 is 0 Å². The van der Waals surface area contributed by atoms with Gasteiger partial charge in [0, 0.05) is 35.8 Å². The molecule has 1 aliphatic rings. The molecular weight excluding hydrogens is 369 g/mol. The number of halogens is 1. The molecule has 1 aromatic carbocycles. The average Bonchev–Trinajstić information content (AvgIpc) is 3.42. The molecule has 1 aliphatic heterocycles. The summed E-state index contributed by atoms with van der Waals surface area (Å²) in [4.78, 5) is 8.80. The fraction of sp³-hybridized carbons (Fsp3) is 0.227. The van der Waals surface area contributed by atoms with Crippen molar-refractivity contribution in [1.82, 2.24) is 25.5 Å². The molecule has 3 aromatic heterocycles. The van der Waals surface area contributed by atoms with E-state index in [-0.39, 0.29) is 5.82 Å². The van der Waals surface area contributed by atoms with Crippen molar-refractivity contribution in [3.8, 4) is 28.3 Å². The summed E-state index contributed by atoms with van der Waals surface area (Å²) in [5, 5.41) is 11.4. The molecule has 0 aliphatic carbocycles. The van der Waals surface area contributed by atoms with E-state index in [0.717, 1.165) is 41.7 Å². The van der Waals surface area contributed by atoms with Crippen LogP contribution in [0, 0.1) is 11.7 Å². The van der Waals surface area contributed by atoms with Crippen molar-refractivity contribution >= 4 is 10.9 Å². The first kappa shape index (κ1) is 17.8. The second kappa shape index (κ2) is 7.60. The molecule has 1 unspecified atom stereocenters. The number of nitrogens with zero attached hydrogens (tertiary/aromatic N) is 3. The highest BCUT2D eigenvalue weighted by Gasteiger charge is 2.18. The minimum Gasteiger partial charge on any atom is -0.492 e. The van der Waals surface area contributed by atoms with E-state index in [1.165, 1.54) is 6.07 Å². The fourth-order valence-electron chi connectivity index (χ4n) is 3.69. The molecule has 6 nitrogen and oxygen atoms in total. The molecule has 0 bridgehead atoms. The SMILES string of the molecule is Fc1ccccc1-c1n[nH]c2cnc(-c3cnccc3OCC3CCNC3)cc12. The highest BCUT2D eigenvalue weighted by atomic mass is 19.1. The summed E-state index contributed by atoms with van der Waals surface area (Å²) >= 11 is 0.